The van der Waals surface area contributed by atoms with Crippen molar-refractivity contribution in [2.24, 2.45) is 0 Å². The van der Waals surface area contributed by atoms with Crippen molar-refractivity contribution in [2.45, 2.75) is 6.92 Å². The number of halogens is 2. The lowest BCUT2D eigenvalue weighted by Gasteiger charge is -2.36. The van der Waals surface area contributed by atoms with Gasteiger partial charge in [-0.2, -0.15) is 35.6 Å². The maximum absolute atomic E-state index is 12.5. The van der Waals surface area contributed by atoms with Crippen LogP contribution in [0.4, 0.5) is 27.8 Å². The topological polar surface area (TPSA) is 148 Å². The second-order valence-electron chi connectivity index (χ2n) is 7.04. The van der Waals surface area contributed by atoms with Crippen LogP contribution in [-0.4, -0.2) is 56.6 Å². The summed E-state index contributed by atoms with van der Waals surface area (Å²) in [7, 11) is 0. The standard InChI is InChI=1S/C19H16ClFN10O2/c1-11(32)29-2-4-30(5-3-29)15-7-12(8-22)6-14(16(15)20)25-18-26-17-13(9-23)10-24-31(17)19(27-18)28-33-21/h6-7,10H,2-5H2,1H3,(H2,25,26,27,28). The first kappa shape index (κ1) is 22.0. The normalized spacial score (nSPS) is 13.5. The third kappa shape index (κ3) is 4.27. The summed E-state index contributed by atoms with van der Waals surface area (Å²) in [6.45, 7) is 3.66. The molecule has 1 aliphatic heterocycles. The molecule has 1 amide bonds. The van der Waals surface area contributed by atoms with Crippen molar-refractivity contribution in [1.82, 2.24) is 24.5 Å². The molecule has 1 aliphatic rings. The highest BCUT2D eigenvalue weighted by atomic mass is 35.5. The molecule has 0 bridgehead atoms. The van der Waals surface area contributed by atoms with Crippen LogP contribution in [0.25, 0.3) is 5.65 Å². The summed E-state index contributed by atoms with van der Waals surface area (Å²) in [5, 5.41) is 29.4. The Morgan fingerprint density at radius 3 is 2.61 bits per heavy atom. The number of fused-ring (bicyclic) bond motifs is 1. The molecule has 0 spiro atoms. The molecule has 0 radical (unpaired) electrons. The number of carbonyl (C=O) groups excluding carboxylic acids is 1. The summed E-state index contributed by atoms with van der Waals surface area (Å²) in [6.07, 6.45) is 1.25. The summed E-state index contributed by atoms with van der Waals surface area (Å²) in [6, 6.07) is 7.21. The van der Waals surface area contributed by atoms with Gasteiger partial charge in [-0.25, -0.2) is 0 Å². The van der Waals surface area contributed by atoms with E-state index in [4.69, 9.17) is 11.6 Å². The summed E-state index contributed by atoms with van der Waals surface area (Å²) in [5.74, 6) is -0.220. The Kier molecular flexibility index (Phi) is 6.08. The van der Waals surface area contributed by atoms with Crippen molar-refractivity contribution in [3.05, 3.63) is 34.5 Å². The number of amides is 1. The van der Waals surface area contributed by atoms with Gasteiger partial charge in [0, 0.05) is 33.1 Å². The van der Waals surface area contributed by atoms with E-state index >= 15 is 0 Å². The largest absolute Gasteiger partial charge is 0.367 e. The van der Waals surface area contributed by atoms with Crippen LogP contribution in [0.15, 0.2) is 18.3 Å². The first-order valence-corrected chi connectivity index (χ1v) is 10.0. The van der Waals surface area contributed by atoms with Gasteiger partial charge >= 0.3 is 0 Å². The Hall–Kier alpha value is -4.20. The number of aromatic nitrogens is 4. The van der Waals surface area contributed by atoms with Crippen molar-refractivity contribution in [3.8, 4) is 12.1 Å². The van der Waals surface area contributed by atoms with Crippen LogP contribution in [0.3, 0.4) is 0 Å². The third-order valence-corrected chi connectivity index (χ3v) is 5.51. The zero-order chi connectivity index (χ0) is 23.5. The van der Waals surface area contributed by atoms with E-state index in [0.29, 0.717) is 48.1 Å². The molecule has 1 fully saturated rings. The number of piperazine rings is 1. The van der Waals surface area contributed by atoms with E-state index in [1.807, 2.05) is 16.4 Å². The van der Waals surface area contributed by atoms with Gasteiger partial charge < -0.3 is 15.1 Å². The number of carbonyl (C=O) groups is 1. The van der Waals surface area contributed by atoms with Crippen LogP contribution in [0, 0.1) is 22.7 Å². The molecule has 3 aromatic rings. The van der Waals surface area contributed by atoms with E-state index in [0.717, 1.165) is 4.52 Å². The number of hydrogen-bond acceptors (Lipinski definition) is 10. The van der Waals surface area contributed by atoms with Crippen LogP contribution < -0.4 is 15.7 Å². The van der Waals surface area contributed by atoms with E-state index < -0.39 is 0 Å². The molecule has 2 N–H and O–H groups in total. The number of nitrogens with one attached hydrogen (secondary N) is 2. The minimum absolute atomic E-state index is 0.000276. The lowest BCUT2D eigenvalue weighted by atomic mass is 10.1. The van der Waals surface area contributed by atoms with Gasteiger partial charge in [0.15, 0.2) is 5.65 Å². The molecule has 2 aromatic heterocycles. The molecule has 0 unspecified atom stereocenters. The highest BCUT2D eigenvalue weighted by Gasteiger charge is 2.23. The van der Waals surface area contributed by atoms with Gasteiger partial charge in [-0.05, 0) is 16.7 Å². The molecule has 168 valence electrons. The summed E-state index contributed by atoms with van der Waals surface area (Å²) in [4.78, 5) is 23.7. The van der Waals surface area contributed by atoms with Gasteiger partial charge in [0.25, 0.3) is 5.95 Å². The van der Waals surface area contributed by atoms with Crippen LogP contribution in [0.5, 0.6) is 0 Å². The van der Waals surface area contributed by atoms with Gasteiger partial charge in [0.2, 0.25) is 11.9 Å². The monoisotopic (exact) mass is 470 g/mol. The molecule has 0 saturated carbocycles. The molecule has 1 saturated heterocycles. The Bertz CT molecular complexity index is 1310. The number of rotatable bonds is 5. The van der Waals surface area contributed by atoms with Gasteiger partial charge in [0.1, 0.15) is 11.6 Å². The quantitative estimate of drug-likeness (QED) is 0.531. The summed E-state index contributed by atoms with van der Waals surface area (Å²) < 4.78 is 13.6. The lowest BCUT2D eigenvalue weighted by Crippen LogP contribution is -2.48. The second kappa shape index (κ2) is 9.12. The highest BCUT2D eigenvalue weighted by Crippen LogP contribution is 2.36. The minimum atomic E-state index is -0.181. The lowest BCUT2D eigenvalue weighted by molar-refractivity contribution is -0.129. The molecular weight excluding hydrogens is 455 g/mol. The molecule has 0 aliphatic carbocycles. The van der Waals surface area contributed by atoms with Crippen LogP contribution in [0.1, 0.15) is 18.1 Å². The van der Waals surface area contributed by atoms with Crippen molar-refractivity contribution in [3.63, 3.8) is 0 Å². The van der Waals surface area contributed by atoms with Crippen molar-refractivity contribution >= 4 is 46.4 Å². The zero-order valence-corrected chi connectivity index (χ0v) is 18.0. The number of hydrogen-bond donors (Lipinski definition) is 2. The molecule has 4 rings (SSSR count). The average molecular weight is 471 g/mol. The van der Waals surface area contributed by atoms with Crippen LogP contribution >= 0.6 is 11.6 Å². The van der Waals surface area contributed by atoms with Crippen LogP contribution in [-0.2, 0) is 9.84 Å². The minimum Gasteiger partial charge on any atom is -0.367 e. The van der Waals surface area contributed by atoms with Gasteiger partial charge in [-0.1, -0.05) is 16.6 Å². The van der Waals surface area contributed by atoms with Gasteiger partial charge in [-0.15, -0.1) is 0 Å². The third-order valence-electron chi connectivity index (χ3n) is 5.11. The highest BCUT2D eigenvalue weighted by molar-refractivity contribution is 6.36. The zero-order valence-electron chi connectivity index (χ0n) is 17.2. The number of nitrogens with zero attached hydrogens (tertiary/aromatic N) is 8. The fourth-order valence-electron chi connectivity index (χ4n) is 3.49. The van der Waals surface area contributed by atoms with Crippen molar-refractivity contribution in [2.75, 3.05) is 41.9 Å². The number of nitriles is 2. The number of anilines is 4. The van der Waals surface area contributed by atoms with Crippen molar-refractivity contribution < 1.29 is 14.4 Å². The van der Waals surface area contributed by atoms with E-state index in [-0.39, 0.29) is 29.0 Å². The summed E-state index contributed by atoms with van der Waals surface area (Å²) in [5.41, 5.74) is 3.43. The Morgan fingerprint density at radius 2 is 1.97 bits per heavy atom. The predicted molar refractivity (Wildman–Crippen MR) is 115 cm³/mol. The smallest absolute Gasteiger partial charge is 0.256 e. The number of benzene rings is 1. The van der Waals surface area contributed by atoms with Crippen molar-refractivity contribution in [1.29, 1.82) is 10.5 Å². The first-order chi connectivity index (χ1) is 15.9. The average Bonchev–Trinajstić information content (AvgIpc) is 3.24. The summed E-state index contributed by atoms with van der Waals surface area (Å²) >= 11 is 6.66. The van der Waals surface area contributed by atoms with Gasteiger partial charge in [0.05, 0.1) is 34.2 Å². The predicted octanol–water partition coefficient (Wildman–Crippen LogP) is 2.16. The van der Waals surface area contributed by atoms with E-state index in [9.17, 15) is 19.8 Å². The maximum atomic E-state index is 12.5. The first-order valence-electron chi connectivity index (χ1n) is 9.65. The molecule has 12 nitrogen and oxygen atoms in total. The molecule has 14 heteroatoms. The molecule has 1 aromatic carbocycles. The maximum Gasteiger partial charge on any atom is 0.256 e. The second-order valence-corrected chi connectivity index (χ2v) is 7.42. The van der Waals surface area contributed by atoms with Gasteiger partial charge in [-0.3, -0.25) is 4.79 Å². The fourth-order valence-corrected chi connectivity index (χ4v) is 3.77. The molecule has 3 heterocycles. The van der Waals surface area contributed by atoms with E-state index in [1.54, 1.807) is 11.0 Å². The fraction of sp³-hybridized carbons (Fsp3) is 0.263. The van der Waals surface area contributed by atoms with E-state index in [2.05, 4.69) is 31.5 Å². The molecular formula is C19H16ClFN10O2. The van der Waals surface area contributed by atoms with Crippen LogP contribution in [0.2, 0.25) is 5.02 Å². The van der Waals surface area contributed by atoms with E-state index in [1.165, 1.54) is 19.2 Å². The molecule has 33 heavy (non-hydrogen) atoms. The molecule has 0 atom stereocenters. The SMILES string of the molecule is CC(=O)N1CCN(c2cc(C#N)cc(Nc3nc(NOF)n4ncc(C#N)c4n3)c2Cl)CC1. The Balaban J connectivity index is 1.71. The Morgan fingerprint density at radius 1 is 1.21 bits per heavy atom. The Labute approximate surface area is 191 Å².